The van der Waals surface area contributed by atoms with E-state index in [2.05, 4.69) is 4.98 Å². The van der Waals surface area contributed by atoms with Crippen LogP contribution in [-0.2, 0) is 0 Å². The third-order valence-electron chi connectivity index (χ3n) is 2.00. The molecule has 0 atom stereocenters. The Bertz CT molecular complexity index is 628. The van der Waals surface area contributed by atoms with Gasteiger partial charge < -0.3 is 0 Å². The second-order valence-corrected chi connectivity index (χ2v) is 4.25. The van der Waals surface area contributed by atoms with Crippen molar-refractivity contribution in [3.05, 3.63) is 55.6 Å². The van der Waals surface area contributed by atoms with Crippen LogP contribution in [-0.4, -0.2) is 9.55 Å². The lowest BCUT2D eigenvalue weighted by atomic mass is 10.3. The molecule has 1 aromatic heterocycles. The van der Waals surface area contributed by atoms with Gasteiger partial charge in [0, 0.05) is 12.3 Å². The van der Waals surface area contributed by atoms with Crippen LogP contribution in [0.5, 0.6) is 0 Å². The highest BCUT2D eigenvalue weighted by Gasteiger charge is 2.07. The topological polar surface area (TPSA) is 37.8 Å². The van der Waals surface area contributed by atoms with E-state index in [1.807, 2.05) is 0 Å². The van der Waals surface area contributed by atoms with Crippen molar-refractivity contribution in [1.82, 2.24) is 9.55 Å². The summed E-state index contributed by atoms with van der Waals surface area (Å²) in [5.74, 6) is 0. The maximum Gasteiger partial charge on any atom is 0.251 e. The fourth-order valence-corrected chi connectivity index (χ4v) is 2.14. The fourth-order valence-electron chi connectivity index (χ4n) is 1.31. The summed E-state index contributed by atoms with van der Waals surface area (Å²) in [6, 6.07) is 6.50. The quantitative estimate of drug-likeness (QED) is 0.810. The summed E-state index contributed by atoms with van der Waals surface area (Å²) in [6.45, 7) is 0. The SMILES string of the molecule is O=c1ccn(-c2c(Cl)cccc2Cl)c(=S)[nH]1. The van der Waals surface area contributed by atoms with Crippen molar-refractivity contribution in [2.45, 2.75) is 0 Å². The summed E-state index contributed by atoms with van der Waals surface area (Å²) in [5, 5.41) is 0.936. The van der Waals surface area contributed by atoms with Gasteiger partial charge in [-0.1, -0.05) is 29.3 Å². The first-order valence-corrected chi connectivity index (χ1v) is 5.52. The van der Waals surface area contributed by atoms with Gasteiger partial charge >= 0.3 is 0 Å². The Hall–Kier alpha value is -1.10. The van der Waals surface area contributed by atoms with Crippen LogP contribution in [0.2, 0.25) is 10.0 Å². The number of halogens is 2. The molecule has 82 valence electrons. The molecule has 0 saturated heterocycles. The molecular weight excluding hydrogens is 267 g/mol. The Kier molecular flexibility index (Phi) is 3.14. The average molecular weight is 273 g/mol. The van der Waals surface area contributed by atoms with Crippen LogP contribution in [0.4, 0.5) is 0 Å². The maximum absolute atomic E-state index is 11.0. The number of benzene rings is 1. The second kappa shape index (κ2) is 4.41. The lowest BCUT2D eigenvalue weighted by Gasteiger charge is -2.09. The van der Waals surface area contributed by atoms with Crippen molar-refractivity contribution in [3.8, 4) is 5.69 Å². The molecule has 1 heterocycles. The molecule has 0 fully saturated rings. The lowest BCUT2D eigenvalue weighted by Crippen LogP contribution is -2.10. The minimum absolute atomic E-state index is 0.252. The van der Waals surface area contributed by atoms with E-state index in [9.17, 15) is 4.79 Å². The molecule has 0 amide bonds. The zero-order chi connectivity index (χ0) is 11.7. The lowest BCUT2D eigenvalue weighted by molar-refractivity contribution is 0.938. The summed E-state index contributed by atoms with van der Waals surface area (Å²) in [7, 11) is 0. The molecule has 0 aliphatic heterocycles. The van der Waals surface area contributed by atoms with Crippen LogP contribution in [0.1, 0.15) is 0 Å². The molecule has 16 heavy (non-hydrogen) atoms. The van der Waals surface area contributed by atoms with E-state index < -0.39 is 0 Å². The Morgan fingerprint density at radius 3 is 2.38 bits per heavy atom. The first kappa shape index (κ1) is 11.4. The molecule has 1 aromatic carbocycles. The van der Waals surface area contributed by atoms with Gasteiger partial charge in [-0.3, -0.25) is 14.3 Å². The van der Waals surface area contributed by atoms with Gasteiger partial charge in [0.2, 0.25) is 0 Å². The van der Waals surface area contributed by atoms with Crippen LogP contribution in [0.3, 0.4) is 0 Å². The number of rotatable bonds is 1. The number of hydrogen-bond donors (Lipinski definition) is 1. The van der Waals surface area contributed by atoms with Crippen molar-refractivity contribution in [1.29, 1.82) is 0 Å². The highest BCUT2D eigenvalue weighted by molar-refractivity contribution is 7.71. The summed E-state index contributed by atoms with van der Waals surface area (Å²) in [6.07, 6.45) is 1.54. The molecule has 1 N–H and O–H groups in total. The molecule has 0 saturated carbocycles. The van der Waals surface area contributed by atoms with Gasteiger partial charge in [-0.2, -0.15) is 0 Å². The smallest absolute Gasteiger partial charge is 0.251 e. The Morgan fingerprint density at radius 2 is 1.81 bits per heavy atom. The highest BCUT2D eigenvalue weighted by Crippen LogP contribution is 2.27. The first-order valence-electron chi connectivity index (χ1n) is 4.36. The molecule has 0 bridgehead atoms. The van der Waals surface area contributed by atoms with Gasteiger partial charge in [0.1, 0.15) is 0 Å². The van der Waals surface area contributed by atoms with Crippen molar-refractivity contribution in [3.63, 3.8) is 0 Å². The van der Waals surface area contributed by atoms with E-state index in [-0.39, 0.29) is 10.3 Å². The van der Waals surface area contributed by atoms with Gasteiger partial charge in [-0.15, -0.1) is 0 Å². The van der Waals surface area contributed by atoms with E-state index >= 15 is 0 Å². The predicted octanol–water partition coefficient (Wildman–Crippen LogP) is 3.20. The molecule has 2 rings (SSSR count). The van der Waals surface area contributed by atoms with E-state index in [4.69, 9.17) is 35.4 Å². The van der Waals surface area contributed by atoms with Gasteiger partial charge in [0.25, 0.3) is 5.56 Å². The van der Waals surface area contributed by atoms with Gasteiger partial charge in [0.15, 0.2) is 4.77 Å². The van der Waals surface area contributed by atoms with Crippen LogP contribution in [0.15, 0.2) is 35.3 Å². The molecule has 2 aromatic rings. The number of para-hydroxylation sites is 1. The van der Waals surface area contributed by atoms with E-state index in [1.54, 1.807) is 22.8 Å². The molecular formula is C10H6Cl2N2OS. The Balaban J connectivity index is 2.78. The highest BCUT2D eigenvalue weighted by atomic mass is 35.5. The summed E-state index contributed by atoms with van der Waals surface area (Å²) >= 11 is 17.1. The Morgan fingerprint density at radius 1 is 1.19 bits per heavy atom. The number of H-pyrrole nitrogens is 1. The number of aromatic nitrogens is 2. The van der Waals surface area contributed by atoms with Gasteiger partial charge in [-0.05, 0) is 24.4 Å². The van der Waals surface area contributed by atoms with Gasteiger partial charge in [-0.25, -0.2) is 0 Å². The van der Waals surface area contributed by atoms with Crippen molar-refractivity contribution in [2.75, 3.05) is 0 Å². The zero-order valence-electron chi connectivity index (χ0n) is 7.91. The number of hydrogen-bond acceptors (Lipinski definition) is 2. The van der Waals surface area contributed by atoms with Crippen molar-refractivity contribution >= 4 is 35.4 Å². The molecule has 0 spiro atoms. The number of aromatic amines is 1. The normalized spacial score (nSPS) is 10.4. The average Bonchev–Trinajstić information content (AvgIpc) is 2.20. The first-order chi connectivity index (χ1) is 7.59. The van der Waals surface area contributed by atoms with Crippen LogP contribution >= 0.6 is 35.4 Å². The van der Waals surface area contributed by atoms with E-state index in [0.717, 1.165) is 0 Å². The molecule has 0 unspecified atom stereocenters. The predicted molar refractivity (Wildman–Crippen MR) is 67.2 cm³/mol. The third-order valence-corrected chi connectivity index (χ3v) is 2.91. The summed E-state index contributed by atoms with van der Waals surface area (Å²) in [5.41, 5.74) is 0.302. The monoisotopic (exact) mass is 272 g/mol. The zero-order valence-corrected chi connectivity index (χ0v) is 10.2. The molecule has 0 radical (unpaired) electrons. The van der Waals surface area contributed by atoms with Crippen LogP contribution in [0.25, 0.3) is 5.69 Å². The van der Waals surface area contributed by atoms with E-state index in [1.165, 1.54) is 12.3 Å². The van der Waals surface area contributed by atoms with Gasteiger partial charge in [0.05, 0.1) is 15.7 Å². The Labute approximate surface area is 106 Å². The largest absolute Gasteiger partial charge is 0.299 e. The maximum atomic E-state index is 11.0. The standard InChI is InChI=1S/C10H6Cl2N2OS/c11-6-2-1-3-7(12)9(6)14-5-4-8(15)13-10(14)16/h1-5H,(H,13,15,16). The molecule has 6 heteroatoms. The number of nitrogens with one attached hydrogen (secondary N) is 1. The minimum Gasteiger partial charge on any atom is -0.299 e. The van der Waals surface area contributed by atoms with Crippen LogP contribution in [0, 0.1) is 4.77 Å². The molecule has 3 nitrogen and oxygen atoms in total. The second-order valence-electron chi connectivity index (χ2n) is 3.05. The van der Waals surface area contributed by atoms with Crippen LogP contribution < -0.4 is 5.56 Å². The number of nitrogens with zero attached hydrogens (tertiary/aromatic N) is 1. The minimum atomic E-state index is -0.260. The third kappa shape index (κ3) is 2.04. The summed E-state index contributed by atoms with van der Waals surface area (Å²) < 4.78 is 1.81. The summed E-state index contributed by atoms with van der Waals surface area (Å²) in [4.78, 5) is 13.5. The fraction of sp³-hybridized carbons (Fsp3) is 0. The van der Waals surface area contributed by atoms with Crippen molar-refractivity contribution < 1.29 is 0 Å². The molecule has 0 aliphatic carbocycles. The van der Waals surface area contributed by atoms with Crippen molar-refractivity contribution in [2.24, 2.45) is 0 Å². The molecule has 0 aliphatic rings. The van der Waals surface area contributed by atoms with E-state index in [0.29, 0.717) is 15.7 Å².